The topological polar surface area (TPSA) is 90.1 Å². The molecule has 5 rings (SSSR count). The Kier molecular flexibility index (Phi) is 8.14. The summed E-state index contributed by atoms with van der Waals surface area (Å²) in [7, 11) is 1.72. The Bertz CT molecular complexity index is 1420. The molecule has 0 radical (unpaired) electrons. The third kappa shape index (κ3) is 5.63. The van der Waals surface area contributed by atoms with Gasteiger partial charge in [-0.15, -0.1) is 5.10 Å². The number of methoxy groups -OCH3 is 1. The molecular formula is C29H37N7O2. The number of hydrogen-bond donors (Lipinski definition) is 1. The molecule has 0 bridgehead atoms. The van der Waals surface area contributed by atoms with E-state index >= 15 is 0 Å². The van der Waals surface area contributed by atoms with Gasteiger partial charge in [-0.05, 0) is 43.5 Å². The molecule has 9 nitrogen and oxygen atoms in total. The molecule has 0 unspecified atom stereocenters. The fourth-order valence-electron chi connectivity index (χ4n) is 5.35. The first-order valence-electron chi connectivity index (χ1n) is 13.5. The van der Waals surface area contributed by atoms with Crippen LogP contribution in [0.25, 0.3) is 11.0 Å². The van der Waals surface area contributed by atoms with E-state index in [0.29, 0.717) is 35.8 Å². The van der Waals surface area contributed by atoms with Gasteiger partial charge >= 0.3 is 0 Å². The van der Waals surface area contributed by atoms with Crippen molar-refractivity contribution in [3.63, 3.8) is 0 Å². The number of hydrogen-bond acceptors (Lipinski definition) is 7. The minimum Gasteiger partial charge on any atom is -0.383 e. The Balaban J connectivity index is 1.36. The van der Waals surface area contributed by atoms with Crippen LogP contribution >= 0.6 is 0 Å². The standard InChI is InChI=1S/C29H37N7O2/c1-4-34(12-13-38-3)11-10-26-18-31-33-36(26)20-23-19-35(5-2)29-27(28(23)37)16-25(17-30-29)32-24-14-21-8-6-7-9-22(21)15-24/h6-9,16-19,24,32H,4-5,10-15,20H2,1-3H3. The molecule has 200 valence electrons. The molecule has 0 saturated carbocycles. The van der Waals surface area contributed by atoms with Crippen LogP contribution in [0, 0.1) is 0 Å². The number of benzene rings is 1. The van der Waals surface area contributed by atoms with Crippen LogP contribution in [0.2, 0.25) is 0 Å². The summed E-state index contributed by atoms with van der Waals surface area (Å²) in [6.07, 6.45) is 8.31. The van der Waals surface area contributed by atoms with Gasteiger partial charge in [-0.1, -0.05) is 36.4 Å². The van der Waals surface area contributed by atoms with Crippen LogP contribution < -0.4 is 10.7 Å². The van der Waals surface area contributed by atoms with E-state index < -0.39 is 0 Å². The first-order valence-corrected chi connectivity index (χ1v) is 13.5. The molecule has 38 heavy (non-hydrogen) atoms. The Labute approximate surface area is 223 Å². The van der Waals surface area contributed by atoms with E-state index in [1.807, 2.05) is 27.7 Å². The third-order valence-corrected chi connectivity index (χ3v) is 7.51. The first-order chi connectivity index (χ1) is 18.6. The van der Waals surface area contributed by atoms with Gasteiger partial charge in [-0.2, -0.15) is 0 Å². The van der Waals surface area contributed by atoms with Crippen LogP contribution in [0.4, 0.5) is 5.69 Å². The van der Waals surface area contributed by atoms with E-state index in [9.17, 15) is 4.79 Å². The molecule has 0 spiro atoms. The second-order valence-corrected chi connectivity index (χ2v) is 9.94. The van der Waals surface area contributed by atoms with Gasteiger partial charge in [-0.3, -0.25) is 4.79 Å². The van der Waals surface area contributed by atoms with Crippen LogP contribution in [0.3, 0.4) is 0 Å². The Morgan fingerprint density at radius 1 is 1.13 bits per heavy atom. The van der Waals surface area contributed by atoms with Crippen molar-refractivity contribution < 1.29 is 4.74 Å². The van der Waals surface area contributed by atoms with Gasteiger partial charge in [0.15, 0.2) is 5.43 Å². The van der Waals surface area contributed by atoms with E-state index in [2.05, 4.69) is 58.6 Å². The van der Waals surface area contributed by atoms with Crippen molar-refractivity contribution >= 4 is 16.7 Å². The highest BCUT2D eigenvalue weighted by Gasteiger charge is 2.21. The van der Waals surface area contributed by atoms with Crippen molar-refractivity contribution in [3.05, 3.63) is 81.5 Å². The van der Waals surface area contributed by atoms with Gasteiger partial charge in [0.05, 0.1) is 42.3 Å². The molecule has 9 heteroatoms. The van der Waals surface area contributed by atoms with E-state index in [4.69, 9.17) is 9.72 Å². The lowest BCUT2D eigenvalue weighted by atomic mass is 10.1. The van der Waals surface area contributed by atoms with E-state index in [1.165, 1.54) is 11.1 Å². The van der Waals surface area contributed by atoms with Crippen LogP contribution in [0.1, 0.15) is 36.2 Å². The summed E-state index contributed by atoms with van der Waals surface area (Å²) < 4.78 is 9.11. The lowest BCUT2D eigenvalue weighted by Crippen LogP contribution is -2.30. The fraction of sp³-hybridized carbons (Fsp3) is 0.448. The van der Waals surface area contributed by atoms with Crippen molar-refractivity contribution in [1.29, 1.82) is 0 Å². The zero-order chi connectivity index (χ0) is 26.5. The van der Waals surface area contributed by atoms with Gasteiger partial charge < -0.3 is 19.5 Å². The van der Waals surface area contributed by atoms with Gasteiger partial charge in [0, 0.05) is 51.0 Å². The number of rotatable bonds is 12. The van der Waals surface area contributed by atoms with Gasteiger partial charge in [0.25, 0.3) is 0 Å². The van der Waals surface area contributed by atoms with Gasteiger partial charge in [-0.25, -0.2) is 9.67 Å². The predicted octanol–water partition coefficient (Wildman–Crippen LogP) is 3.15. The second kappa shape index (κ2) is 11.9. The number of nitrogens with one attached hydrogen (secondary N) is 1. The first kappa shape index (κ1) is 26.1. The average molecular weight is 516 g/mol. The largest absolute Gasteiger partial charge is 0.383 e. The number of pyridine rings is 2. The van der Waals surface area contributed by atoms with E-state index in [1.54, 1.807) is 13.3 Å². The van der Waals surface area contributed by atoms with Crippen molar-refractivity contribution in [3.8, 4) is 0 Å². The summed E-state index contributed by atoms with van der Waals surface area (Å²) >= 11 is 0. The molecule has 1 N–H and O–H groups in total. The number of aryl methyl sites for hydroxylation is 1. The average Bonchev–Trinajstić information content (AvgIpc) is 3.56. The highest BCUT2D eigenvalue weighted by Crippen LogP contribution is 2.25. The highest BCUT2D eigenvalue weighted by atomic mass is 16.5. The number of likely N-dealkylation sites (N-methyl/N-ethyl adjacent to an activating group) is 1. The van der Waals surface area contributed by atoms with Crippen molar-refractivity contribution in [2.45, 2.75) is 52.2 Å². The minimum absolute atomic E-state index is 0.00714. The van der Waals surface area contributed by atoms with E-state index in [0.717, 1.165) is 56.8 Å². The summed E-state index contributed by atoms with van der Waals surface area (Å²) in [6, 6.07) is 10.8. The number of aromatic nitrogens is 5. The van der Waals surface area contributed by atoms with Crippen LogP contribution in [0.5, 0.6) is 0 Å². The van der Waals surface area contributed by atoms with Crippen LogP contribution in [0.15, 0.2) is 53.7 Å². The van der Waals surface area contributed by atoms with E-state index in [-0.39, 0.29) is 5.43 Å². The predicted molar refractivity (Wildman–Crippen MR) is 150 cm³/mol. The quantitative estimate of drug-likeness (QED) is 0.310. The summed E-state index contributed by atoms with van der Waals surface area (Å²) in [4.78, 5) is 20.7. The summed E-state index contributed by atoms with van der Waals surface area (Å²) in [6.45, 7) is 8.74. The molecule has 0 amide bonds. The summed E-state index contributed by atoms with van der Waals surface area (Å²) in [5.74, 6) is 0. The minimum atomic E-state index is -0.00714. The van der Waals surface area contributed by atoms with Crippen molar-refractivity contribution in [1.82, 2.24) is 29.4 Å². The number of fused-ring (bicyclic) bond motifs is 2. The molecule has 0 saturated heterocycles. The molecule has 3 aromatic heterocycles. The maximum Gasteiger partial charge on any atom is 0.196 e. The fourth-order valence-corrected chi connectivity index (χ4v) is 5.35. The zero-order valence-electron chi connectivity index (χ0n) is 22.6. The Hall–Kier alpha value is -3.56. The lowest BCUT2D eigenvalue weighted by molar-refractivity contribution is 0.151. The Morgan fingerprint density at radius 2 is 1.92 bits per heavy atom. The number of nitrogens with zero attached hydrogens (tertiary/aromatic N) is 6. The Morgan fingerprint density at radius 3 is 2.63 bits per heavy atom. The maximum atomic E-state index is 13.7. The van der Waals surface area contributed by atoms with Crippen LogP contribution in [-0.4, -0.2) is 68.8 Å². The smallest absolute Gasteiger partial charge is 0.196 e. The second-order valence-electron chi connectivity index (χ2n) is 9.94. The van der Waals surface area contributed by atoms with Crippen molar-refractivity contribution in [2.24, 2.45) is 0 Å². The monoisotopic (exact) mass is 515 g/mol. The molecule has 0 aliphatic heterocycles. The van der Waals surface area contributed by atoms with Crippen molar-refractivity contribution in [2.75, 3.05) is 38.7 Å². The van der Waals surface area contributed by atoms with Crippen LogP contribution in [-0.2, 0) is 37.1 Å². The summed E-state index contributed by atoms with van der Waals surface area (Å²) in [5.41, 5.74) is 6.05. The molecule has 1 aromatic carbocycles. The molecule has 1 aliphatic rings. The highest BCUT2D eigenvalue weighted by molar-refractivity contribution is 5.79. The normalized spacial score (nSPS) is 13.5. The molecule has 1 aliphatic carbocycles. The molecular weight excluding hydrogens is 478 g/mol. The lowest BCUT2D eigenvalue weighted by Gasteiger charge is -2.19. The molecule has 0 atom stereocenters. The maximum absolute atomic E-state index is 13.7. The van der Waals surface area contributed by atoms with Gasteiger partial charge in [0.1, 0.15) is 5.65 Å². The number of anilines is 1. The molecule has 4 aromatic rings. The third-order valence-electron chi connectivity index (χ3n) is 7.51. The summed E-state index contributed by atoms with van der Waals surface area (Å²) in [5, 5.41) is 12.7. The molecule has 0 fully saturated rings. The SMILES string of the molecule is CCN(CCOC)CCc1cnnn1Cc1cn(CC)c2ncc(NC3Cc4ccccc4C3)cc2c1=O. The van der Waals surface area contributed by atoms with Gasteiger partial charge in [0.2, 0.25) is 0 Å². The number of ether oxygens (including phenoxy) is 1. The zero-order valence-corrected chi connectivity index (χ0v) is 22.6. The molecule has 3 heterocycles.